The Morgan fingerprint density at radius 1 is 1.12 bits per heavy atom. The average molecular weight is 489 g/mol. The summed E-state index contributed by atoms with van der Waals surface area (Å²) in [4.78, 5) is 26.5. The third kappa shape index (κ3) is 4.82. The molecule has 2 N–H and O–H groups in total. The third-order valence-corrected chi connectivity index (χ3v) is 7.56. The van der Waals surface area contributed by atoms with Crippen molar-refractivity contribution in [2.75, 3.05) is 32.6 Å². The van der Waals surface area contributed by atoms with E-state index in [-0.39, 0.29) is 35.6 Å². The summed E-state index contributed by atoms with van der Waals surface area (Å²) < 4.78 is 42.4. The van der Waals surface area contributed by atoms with Gasteiger partial charge in [0.15, 0.2) is 17.3 Å². The smallest absolute Gasteiger partial charge is 0.439 e. The number of sulfonamides is 1. The number of amides is 1. The van der Waals surface area contributed by atoms with Crippen LogP contribution in [0.15, 0.2) is 56.7 Å². The number of rotatable bonds is 7. The number of carbonyl (C=O) groups excluding carboxylic acids is 1. The fourth-order valence-corrected chi connectivity index (χ4v) is 5.31. The van der Waals surface area contributed by atoms with Crippen molar-refractivity contribution >= 4 is 21.6 Å². The summed E-state index contributed by atoms with van der Waals surface area (Å²) in [5, 5.41) is 6.49. The molecule has 0 aliphatic carbocycles. The van der Waals surface area contributed by atoms with E-state index in [0.29, 0.717) is 35.6 Å². The first-order chi connectivity index (χ1) is 16.3. The lowest BCUT2D eigenvalue weighted by atomic mass is 9.97. The van der Waals surface area contributed by atoms with Crippen LogP contribution in [0.1, 0.15) is 12.8 Å². The summed E-state index contributed by atoms with van der Waals surface area (Å²) in [7, 11) is -0.818. The maximum atomic E-state index is 13.1. The molecule has 1 aliphatic heterocycles. The van der Waals surface area contributed by atoms with Crippen LogP contribution >= 0.6 is 0 Å². The quantitative estimate of drug-likeness (QED) is 0.514. The zero-order valence-corrected chi connectivity index (χ0v) is 19.4. The van der Waals surface area contributed by atoms with Crippen molar-refractivity contribution < 1.29 is 27.2 Å². The highest BCUT2D eigenvalue weighted by molar-refractivity contribution is 7.89. The van der Waals surface area contributed by atoms with Gasteiger partial charge in [0.25, 0.3) is 0 Å². The summed E-state index contributed by atoms with van der Waals surface area (Å²) in [6.07, 6.45) is 0.767. The Labute approximate surface area is 195 Å². The molecule has 1 aromatic heterocycles. The van der Waals surface area contributed by atoms with E-state index >= 15 is 0 Å². The molecule has 0 saturated carbocycles. The summed E-state index contributed by atoms with van der Waals surface area (Å²) >= 11 is 0. The fraction of sp³-hybridized carbons (Fsp3) is 0.318. The molecule has 4 rings (SSSR count). The Bertz CT molecular complexity index is 1340. The second-order valence-electron chi connectivity index (χ2n) is 7.71. The Balaban J connectivity index is 1.40. The molecule has 0 atom stereocenters. The molecule has 0 bridgehead atoms. The summed E-state index contributed by atoms with van der Waals surface area (Å²) in [6.45, 7) is 0.434. The number of piperidine rings is 1. The molecule has 1 saturated heterocycles. The van der Waals surface area contributed by atoms with Gasteiger partial charge in [-0.3, -0.25) is 14.3 Å². The molecule has 0 unspecified atom stereocenters. The van der Waals surface area contributed by atoms with Crippen LogP contribution in [0.3, 0.4) is 0 Å². The maximum Gasteiger partial charge on any atom is 0.439 e. The minimum absolute atomic E-state index is 0.107. The number of methoxy groups -OCH3 is 2. The van der Waals surface area contributed by atoms with Gasteiger partial charge in [0.2, 0.25) is 15.9 Å². The van der Waals surface area contributed by atoms with E-state index in [1.807, 2.05) is 0 Å². The van der Waals surface area contributed by atoms with E-state index in [2.05, 4.69) is 20.0 Å². The predicted molar refractivity (Wildman–Crippen MR) is 122 cm³/mol. The van der Waals surface area contributed by atoms with Crippen molar-refractivity contribution in [2.24, 2.45) is 5.92 Å². The number of ether oxygens (including phenoxy) is 2. The number of H-pyrrole nitrogens is 1. The SMILES string of the molecule is COc1ccc(S(=O)(=O)N2CCC(C(=O)Nc3cccc(-c4noc(=O)[nH]4)c3)CC2)cc1OC. The van der Waals surface area contributed by atoms with E-state index in [4.69, 9.17) is 9.47 Å². The molecule has 11 nitrogen and oxygen atoms in total. The van der Waals surface area contributed by atoms with Crippen LogP contribution in [-0.2, 0) is 14.8 Å². The van der Waals surface area contributed by atoms with Gasteiger partial charge >= 0.3 is 5.76 Å². The predicted octanol–water partition coefficient (Wildman–Crippen LogP) is 2.09. The van der Waals surface area contributed by atoms with E-state index in [9.17, 15) is 18.0 Å². The summed E-state index contributed by atoms with van der Waals surface area (Å²) in [6, 6.07) is 11.3. The van der Waals surface area contributed by atoms with E-state index in [1.165, 1.54) is 30.7 Å². The minimum Gasteiger partial charge on any atom is -0.493 e. The second kappa shape index (κ2) is 9.69. The second-order valence-corrected chi connectivity index (χ2v) is 9.65. The Morgan fingerprint density at radius 3 is 2.50 bits per heavy atom. The number of hydrogen-bond donors (Lipinski definition) is 2. The van der Waals surface area contributed by atoms with Crippen LogP contribution in [0.2, 0.25) is 0 Å². The molecular formula is C22H24N4O7S. The van der Waals surface area contributed by atoms with Gasteiger partial charge in [-0.25, -0.2) is 13.2 Å². The van der Waals surface area contributed by atoms with Gasteiger partial charge in [-0.2, -0.15) is 4.31 Å². The van der Waals surface area contributed by atoms with Crippen LogP contribution in [0.25, 0.3) is 11.4 Å². The van der Waals surface area contributed by atoms with Crippen molar-refractivity contribution in [3.8, 4) is 22.9 Å². The minimum atomic E-state index is -3.74. The van der Waals surface area contributed by atoms with E-state index < -0.39 is 15.8 Å². The van der Waals surface area contributed by atoms with Gasteiger partial charge in [0.05, 0.1) is 19.1 Å². The first kappa shape index (κ1) is 23.5. The molecule has 34 heavy (non-hydrogen) atoms. The van der Waals surface area contributed by atoms with Crippen LogP contribution < -0.4 is 20.5 Å². The summed E-state index contributed by atoms with van der Waals surface area (Å²) in [5.74, 6) is -0.180. The zero-order valence-electron chi connectivity index (χ0n) is 18.6. The number of hydrogen-bond acceptors (Lipinski definition) is 8. The number of anilines is 1. The number of aromatic amines is 1. The number of carbonyl (C=O) groups is 1. The Hall–Kier alpha value is -3.64. The molecule has 1 amide bonds. The Kier molecular flexibility index (Phi) is 6.70. The fourth-order valence-electron chi connectivity index (χ4n) is 3.83. The lowest BCUT2D eigenvalue weighted by molar-refractivity contribution is -0.120. The molecule has 0 spiro atoms. The number of aromatic nitrogens is 2. The van der Waals surface area contributed by atoms with Crippen molar-refractivity contribution in [3.63, 3.8) is 0 Å². The lowest BCUT2D eigenvalue weighted by Gasteiger charge is -2.30. The van der Waals surface area contributed by atoms with Crippen LogP contribution in [0, 0.1) is 5.92 Å². The number of benzene rings is 2. The number of nitrogens with zero attached hydrogens (tertiary/aromatic N) is 2. The largest absolute Gasteiger partial charge is 0.493 e. The molecule has 1 aliphatic rings. The molecule has 3 aromatic rings. The first-order valence-corrected chi connectivity index (χ1v) is 12.0. The van der Waals surface area contributed by atoms with E-state index in [1.54, 1.807) is 30.3 Å². The maximum absolute atomic E-state index is 13.1. The molecule has 2 heterocycles. The van der Waals surface area contributed by atoms with Crippen molar-refractivity contribution in [1.29, 1.82) is 0 Å². The van der Waals surface area contributed by atoms with E-state index in [0.717, 1.165) is 0 Å². The normalized spacial score (nSPS) is 15.1. The van der Waals surface area contributed by atoms with Crippen LogP contribution in [0.4, 0.5) is 5.69 Å². The van der Waals surface area contributed by atoms with Crippen LogP contribution in [-0.4, -0.2) is 56.1 Å². The molecular weight excluding hydrogens is 464 g/mol. The van der Waals surface area contributed by atoms with Gasteiger partial charge < -0.3 is 14.8 Å². The third-order valence-electron chi connectivity index (χ3n) is 5.66. The van der Waals surface area contributed by atoms with Crippen LogP contribution in [0.5, 0.6) is 11.5 Å². The van der Waals surface area contributed by atoms with Gasteiger partial charge in [0, 0.05) is 36.3 Å². The summed E-state index contributed by atoms with van der Waals surface area (Å²) in [5.41, 5.74) is 1.12. The average Bonchev–Trinajstić information content (AvgIpc) is 3.30. The first-order valence-electron chi connectivity index (χ1n) is 10.5. The van der Waals surface area contributed by atoms with Gasteiger partial charge in [-0.15, -0.1) is 0 Å². The standard InChI is InChI=1S/C22H24N4O7S/c1-31-18-7-6-17(13-19(18)32-2)34(29,30)26-10-8-14(9-11-26)21(27)23-16-5-3-4-15(12-16)20-24-22(28)33-25-20/h3-7,12-14H,8-11H2,1-2H3,(H,23,27)(H,24,25,28). The molecule has 1 fully saturated rings. The highest BCUT2D eigenvalue weighted by Gasteiger charge is 2.32. The molecule has 2 aromatic carbocycles. The van der Waals surface area contributed by atoms with Crippen molar-refractivity contribution in [3.05, 3.63) is 53.0 Å². The number of nitrogens with one attached hydrogen (secondary N) is 2. The van der Waals surface area contributed by atoms with Crippen molar-refractivity contribution in [1.82, 2.24) is 14.4 Å². The highest BCUT2D eigenvalue weighted by atomic mass is 32.2. The topological polar surface area (TPSA) is 144 Å². The van der Waals surface area contributed by atoms with Gasteiger partial charge in [-0.05, 0) is 37.1 Å². The molecule has 180 valence electrons. The molecule has 12 heteroatoms. The lowest BCUT2D eigenvalue weighted by Crippen LogP contribution is -2.41. The zero-order chi connectivity index (χ0) is 24.3. The Morgan fingerprint density at radius 2 is 1.85 bits per heavy atom. The van der Waals surface area contributed by atoms with Gasteiger partial charge in [0.1, 0.15) is 0 Å². The van der Waals surface area contributed by atoms with Crippen molar-refractivity contribution in [2.45, 2.75) is 17.7 Å². The molecule has 0 radical (unpaired) electrons. The highest BCUT2D eigenvalue weighted by Crippen LogP contribution is 2.32. The van der Waals surface area contributed by atoms with Gasteiger partial charge in [-0.1, -0.05) is 17.3 Å². The monoisotopic (exact) mass is 488 g/mol.